The smallest absolute Gasteiger partial charge is 0.258 e. The molecular weight excluding hydrogens is 314 g/mol. The summed E-state index contributed by atoms with van der Waals surface area (Å²) in [6.45, 7) is 0. The van der Waals surface area contributed by atoms with Crippen LogP contribution in [0, 0.1) is 11.6 Å². The molecule has 0 bridgehead atoms. The molecule has 5 nitrogen and oxygen atoms in total. The van der Waals surface area contributed by atoms with E-state index in [-0.39, 0.29) is 5.91 Å². The maximum Gasteiger partial charge on any atom is 0.258 e. The fourth-order valence-corrected chi connectivity index (χ4v) is 2.10. The highest BCUT2D eigenvalue weighted by atomic mass is 19.2. The number of nitrogens with one attached hydrogen (secondary N) is 1. The number of amides is 1. The Bertz CT molecular complexity index is 854. The van der Waals surface area contributed by atoms with Gasteiger partial charge in [0.1, 0.15) is 5.82 Å². The molecular formula is C17H12F2N4O. The Morgan fingerprint density at radius 1 is 0.958 bits per heavy atom. The second-order valence-electron chi connectivity index (χ2n) is 5.06. The minimum Gasteiger partial charge on any atom is -0.307 e. The summed E-state index contributed by atoms with van der Waals surface area (Å²) in [5, 5.41) is 9.87. The van der Waals surface area contributed by atoms with E-state index < -0.39 is 11.6 Å². The first-order chi connectivity index (χ1) is 11.6. The second-order valence-corrected chi connectivity index (χ2v) is 5.06. The average Bonchev–Trinajstić information content (AvgIpc) is 2.61. The van der Waals surface area contributed by atoms with Gasteiger partial charge < -0.3 is 5.32 Å². The van der Waals surface area contributed by atoms with Crippen LogP contribution < -0.4 is 5.32 Å². The molecule has 120 valence electrons. The third-order valence-corrected chi connectivity index (χ3v) is 3.31. The van der Waals surface area contributed by atoms with Crippen molar-refractivity contribution >= 4 is 11.7 Å². The van der Waals surface area contributed by atoms with Crippen molar-refractivity contribution in [2.24, 2.45) is 0 Å². The number of hydrogen-bond donors (Lipinski definition) is 1. The van der Waals surface area contributed by atoms with Gasteiger partial charge in [-0.25, -0.2) is 13.8 Å². The average molecular weight is 326 g/mol. The Morgan fingerprint density at radius 3 is 2.46 bits per heavy atom. The van der Waals surface area contributed by atoms with Crippen molar-refractivity contribution in [2.75, 3.05) is 5.32 Å². The number of nitrogens with zero attached hydrogens (tertiary/aromatic N) is 3. The predicted octanol–water partition coefficient (Wildman–Crippen LogP) is 2.99. The SMILES string of the molecule is O=C(Nc1ccc(Cc2ccc(F)c(F)c2)cn1)c1ccnnc1. The fraction of sp³-hybridized carbons (Fsp3) is 0.0588. The topological polar surface area (TPSA) is 67.8 Å². The lowest BCUT2D eigenvalue weighted by molar-refractivity contribution is 0.102. The third-order valence-electron chi connectivity index (χ3n) is 3.31. The molecule has 2 aromatic heterocycles. The minimum atomic E-state index is -0.879. The molecule has 2 heterocycles. The molecule has 1 amide bonds. The van der Waals surface area contributed by atoms with Gasteiger partial charge in [0.25, 0.3) is 5.91 Å². The van der Waals surface area contributed by atoms with Crippen LogP contribution in [0.5, 0.6) is 0 Å². The molecule has 0 aliphatic carbocycles. The van der Waals surface area contributed by atoms with E-state index >= 15 is 0 Å². The summed E-state index contributed by atoms with van der Waals surface area (Å²) < 4.78 is 26.1. The van der Waals surface area contributed by atoms with Crippen molar-refractivity contribution in [3.63, 3.8) is 0 Å². The highest BCUT2D eigenvalue weighted by Crippen LogP contribution is 2.14. The van der Waals surface area contributed by atoms with Crippen molar-refractivity contribution in [3.05, 3.63) is 83.3 Å². The van der Waals surface area contributed by atoms with Crippen LogP contribution in [0.4, 0.5) is 14.6 Å². The van der Waals surface area contributed by atoms with Gasteiger partial charge in [-0.3, -0.25) is 4.79 Å². The molecule has 24 heavy (non-hydrogen) atoms. The lowest BCUT2D eigenvalue weighted by Gasteiger charge is -2.06. The van der Waals surface area contributed by atoms with E-state index in [2.05, 4.69) is 20.5 Å². The van der Waals surface area contributed by atoms with E-state index in [4.69, 9.17) is 0 Å². The number of hydrogen-bond acceptors (Lipinski definition) is 4. The van der Waals surface area contributed by atoms with Crippen LogP contribution >= 0.6 is 0 Å². The van der Waals surface area contributed by atoms with Crippen LogP contribution in [0.25, 0.3) is 0 Å². The lowest BCUT2D eigenvalue weighted by atomic mass is 10.1. The molecule has 7 heteroatoms. The standard InChI is InChI=1S/C17H12F2N4O/c18-14-3-1-11(8-15(14)19)7-12-2-4-16(20-9-12)23-17(24)13-5-6-21-22-10-13/h1-6,8-10H,7H2,(H,20,23,24). The van der Waals surface area contributed by atoms with Crippen LogP contribution in [-0.2, 0) is 6.42 Å². The first-order valence-corrected chi connectivity index (χ1v) is 7.09. The Kier molecular flexibility index (Phi) is 4.51. The summed E-state index contributed by atoms with van der Waals surface area (Å²) in [4.78, 5) is 16.1. The molecule has 1 aromatic carbocycles. The number of carbonyl (C=O) groups is 1. The maximum atomic E-state index is 13.2. The highest BCUT2D eigenvalue weighted by molar-refractivity contribution is 6.03. The molecule has 0 spiro atoms. The minimum absolute atomic E-state index is 0.342. The molecule has 3 rings (SSSR count). The number of rotatable bonds is 4. The van der Waals surface area contributed by atoms with Crippen LogP contribution in [0.2, 0.25) is 0 Å². The van der Waals surface area contributed by atoms with Gasteiger partial charge in [-0.1, -0.05) is 12.1 Å². The zero-order valence-corrected chi connectivity index (χ0v) is 12.4. The molecule has 0 saturated carbocycles. The summed E-state index contributed by atoms with van der Waals surface area (Å²) in [5.74, 6) is -1.72. The quantitative estimate of drug-likeness (QED) is 0.800. The first kappa shape index (κ1) is 15.7. The van der Waals surface area contributed by atoms with Crippen molar-refractivity contribution in [1.82, 2.24) is 15.2 Å². The largest absolute Gasteiger partial charge is 0.307 e. The zero-order chi connectivity index (χ0) is 16.9. The zero-order valence-electron chi connectivity index (χ0n) is 12.4. The van der Waals surface area contributed by atoms with Gasteiger partial charge in [0.2, 0.25) is 0 Å². The van der Waals surface area contributed by atoms with Crippen LogP contribution in [-0.4, -0.2) is 21.1 Å². The van der Waals surface area contributed by atoms with E-state index in [1.165, 1.54) is 18.5 Å². The van der Waals surface area contributed by atoms with Crippen molar-refractivity contribution in [1.29, 1.82) is 0 Å². The van der Waals surface area contributed by atoms with E-state index in [0.717, 1.165) is 17.7 Å². The van der Waals surface area contributed by atoms with Gasteiger partial charge in [-0.2, -0.15) is 10.2 Å². The number of carbonyl (C=O) groups excluding carboxylic acids is 1. The predicted molar refractivity (Wildman–Crippen MR) is 83.4 cm³/mol. The second kappa shape index (κ2) is 6.91. The first-order valence-electron chi connectivity index (χ1n) is 7.09. The van der Waals surface area contributed by atoms with Crippen molar-refractivity contribution in [3.8, 4) is 0 Å². The summed E-state index contributed by atoms with van der Waals surface area (Å²) in [7, 11) is 0. The highest BCUT2D eigenvalue weighted by Gasteiger charge is 2.07. The summed E-state index contributed by atoms with van der Waals surface area (Å²) >= 11 is 0. The van der Waals surface area contributed by atoms with Gasteiger partial charge in [0, 0.05) is 6.20 Å². The monoisotopic (exact) mass is 326 g/mol. The Morgan fingerprint density at radius 2 is 1.79 bits per heavy atom. The molecule has 0 radical (unpaired) electrons. The van der Waals surface area contributed by atoms with Gasteiger partial charge in [0.15, 0.2) is 11.6 Å². The number of pyridine rings is 1. The van der Waals surface area contributed by atoms with Gasteiger partial charge >= 0.3 is 0 Å². The van der Waals surface area contributed by atoms with Crippen LogP contribution in [0.15, 0.2) is 55.0 Å². The third kappa shape index (κ3) is 3.75. The fourth-order valence-electron chi connectivity index (χ4n) is 2.10. The van der Waals surface area contributed by atoms with Crippen molar-refractivity contribution < 1.29 is 13.6 Å². The lowest BCUT2D eigenvalue weighted by Crippen LogP contribution is -2.13. The van der Waals surface area contributed by atoms with Gasteiger partial charge in [-0.15, -0.1) is 0 Å². The number of anilines is 1. The number of aromatic nitrogens is 3. The van der Waals surface area contributed by atoms with E-state index in [1.807, 2.05) is 0 Å². The maximum absolute atomic E-state index is 13.2. The summed E-state index contributed by atoms with van der Waals surface area (Å²) in [6, 6.07) is 8.71. The Hall–Kier alpha value is -3.22. The summed E-state index contributed by atoms with van der Waals surface area (Å²) in [6.07, 6.45) is 4.76. The van der Waals surface area contributed by atoms with Crippen LogP contribution in [0.3, 0.4) is 0 Å². The molecule has 0 aliphatic rings. The normalized spacial score (nSPS) is 10.4. The van der Waals surface area contributed by atoms with Gasteiger partial charge in [-0.05, 0) is 41.8 Å². The Labute approximate surface area is 136 Å². The number of halogens is 2. The van der Waals surface area contributed by atoms with E-state index in [9.17, 15) is 13.6 Å². The molecule has 0 atom stereocenters. The molecule has 0 aliphatic heterocycles. The number of benzene rings is 1. The van der Waals surface area contributed by atoms with Gasteiger partial charge in [0.05, 0.1) is 18.0 Å². The van der Waals surface area contributed by atoms with Crippen molar-refractivity contribution in [2.45, 2.75) is 6.42 Å². The molecule has 0 unspecified atom stereocenters. The van der Waals surface area contributed by atoms with Crippen LogP contribution in [0.1, 0.15) is 21.5 Å². The molecule has 0 saturated heterocycles. The molecule has 3 aromatic rings. The summed E-state index contributed by atoms with van der Waals surface area (Å²) in [5.41, 5.74) is 1.82. The van der Waals surface area contributed by atoms with E-state index in [0.29, 0.717) is 23.4 Å². The molecule has 0 fully saturated rings. The van der Waals surface area contributed by atoms with E-state index in [1.54, 1.807) is 24.4 Å². The Balaban J connectivity index is 1.67. The molecule has 1 N–H and O–H groups in total.